The first-order chi connectivity index (χ1) is 9.47. The Kier molecular flexibility index (Phi) is 4.26. The van der Waals surface area contributed by atoms with Gasteiger partial charge in [-0.2, -0.15) is 5.10 Å². The van der Waals surface area contributed by atoms with Gasteiger partial charge in [-0.05, 0) is 18.4 Å². The Balaban J connectivity index is 1.77. The van der Waals surface area contributed by atoms with Gasteiger partial charge in [0.25, 0.3) is 0 Å². The number of rotatable bonds is 4. The first-order valence-corrected chi connectivity index (χ1v) is 6.72. The topological polar surface area (TPSA) is 87.5 Å². The fourth-order valence-corrected chi connectivity index (χ4v) is 2.43. The fraction of sp³-hybridized carbons (Fsp3) is 0.615. The highest BCUT2D eigenvalue weighted by atomic mass is 16.4. The standard InChI is InChI=1S/C13H20N4O3/c1-9-5-15-17(6-9)4-3-14-13(20)16-7-10(2)11(8-16)12(18)19/h5-6,10-11H,3-4,7-8H2,1-2H3,(H,14,20)(H,18,19). The van der Waals surface area contributed by atoms with Gasteiger partial charge in [0.1, 0.15) is 0 Å². The van der Waals surface area contributed by atoms with E-state index < -0.39 is 11.9 Å². The van der Waals surface area contributed by atoms with E-state index in [0.29, 0.717) is 19.6 Å². The van der Waals surface area contributed by atoms with E-state index in [0.717, 1.165) is 5.56 Å². The second-order valence-electron chi connectivity index (χ2n) is 5.34. The molecule has 0 aliphatic carbocycles. The lowest BCUT2D eigenvalue weighted by Crippen LogP contribution is -2.40. The molecule has 2 N–H and O–H groups in total. The van der Waals surface area contributed by atoms with Gasteiger partial charge in [-0.1, -0.05) is 6.92 Å². The van der Waals surface area contributed by atoms with Gasteiger partial charge >= 0.3 is 12.0 Å². The number of carbonyl (C=O) groups excluding carboxylic acids is 1. The average molecular weight is 280 g/mol. The van der Waals surface area contributed by atoms with Crippen molar-refractivity contribution in [2.75, 3.05) is 19.6 Å². The minimum Gasteiger partial charge on any atom is -0.481 e. The van der Waals surface area contributed by atoms with Crippen LogP contribution in [0.3, 0.4) is 0 Å². The van der Waals surface area contributed by atoms with Gasteiger partial charge < -0.3 is 15.3 Å². The van der Waals surface area contributed by atoms with Crippen LogP contribution in [0.15, 0.2) is 12.4 Å². The zero-order chi connectivity index (χ0) is 14.7. The summed E-state index contributed by atoms with van der Waals surface area (Å²) in [4.78, 5) is 24.5. The van der Waals surface area contributed by atoms with Crippen LogP contribution in [0.2, 0.25) is 0 Å². The smallest absolute Gasteiger partial charge is 0.317 e. The molecule has 2 unspecified atom stereocenters. The van der Waals surface area contributed by atoms with E-state index in [1.807, 2.05) is 20.0 Å². The number of nitrogens with one attached hydrogen (secondary N) is 1. The summed E-state index contributed by atoms with van der Waals surface area (Å²) >= 11 is 0. The third kappa shape index (κ3) is 3.28. The number of aliphatic carboxylic acids is 1. The number of hydrogen-bond acceptors (Lipinski definition) is 3. The number of amides is 2. The Bertz CT molecular complexity index is 500. The van der Waals surface area contributed by atoms with Crippen LogP contribution in [0, 0.1) is 18.8 Å². The molecule has 0 bridgehead atoms. The van der Waals surface area contributed by atoms with Gasteiger partial charge in [-0.25, -0.2) is 4.79 Å². The molecule has 1 aromatic heterocycles. The molecule has 1 aromatic rings. The van der Waals surface area contributed by atoms with Crippen molar-refractivity contribution in [2.45, 2.75) is 20.4 Å². The van der Waals surface area contributed by atoms with Crippen LogP contribution in [0.5, 0.6) is 0 Å². The normalized spacial score (nSPS) is 22.0. The SMILES string of the molecule is Cc1cnn(CCNC(=O)N2CC(C)C(C(=O)O)C2)c1. The second-order valence-corrected chi connectivity index (χ2v) is 5.34. The summed E-state index contributed by atoms with van der Waals surface area (Å²) in [6, 6.07) is -0.204. The Morgan fingerprint density at radius 3 is 2.80 bits per heavy atom. The van der Waals surface area contributed by atoms with E-state index in [9.17, 15) is 9.59 Å². The maximum Gasteiger partial charge on any atom is 0.317 e. The number of carboxylic acids is 1. The maximum atomic E-state index is 11.9. The highest BCUT2D eigenvalue weighted by molar-refractivity contribution is 5.77. The number of urea groups is 1. The number of hydrogen-bond donors (Lipinski definition) is 2. The lowest BCUT2D eigenvalue weighted by Gasteiger charge is -2.16. The molecule has 2 amide bonds. The zero-order valence-corrected chi connectivity index (χ0v) is 11.7. The van der Waals surface area contributed by atoms with Crippen molar-refractivity contribution < 1.29 is 14.7 Å². The van der Waals surface area contributed by atoms with Crippen molar-refractivity contribution in [1.82, 2.24) is 20.0 Å². The van der Waals surface area contributed by atoms with E-state index in [4.69, 9.17) is 5.11 Å². The number of aryl methyl sites for hydroxylation is 1. The molecule has 2 heterocycles. The van der Waals surface area contributed by atoms with Crippen molar-refractivity contribution in [3.8, 4) is 0 Å². The molecule has 2 rings (SSSR count). The highest BCUT2D eigenvalue weighted by Crippen LogP contribution is 2.22. The minimum atomic E-state index is -0.834. The number of carbonyl (C=O) groups is 2. The van der Waals surface area contributed by atoms with Gasteiger partial charge in [0.05, 0.1) is 18.7 Å². The molecule has 1 aliphatic rings. The Labute approximate surface area is 117 Å². The van der Waals surface area contributed by atoms with Crippen LogP contribution in [-0.2, 0) is 11.3 Å². The largest absolute Gasteiger partial charge is 0.481 e. The Hall–Kier alpha value is -2.05. The highest BCUT2D eigenvalue weighted by Gasteiger charge is 2.36. The van der Waals surface area contributed by atoms with Crippen molar-refractivity contribution >= 4 is 12.0 Å². The Morgan fingerprint density at radius 1 is 1.50 bits per heavy atom. The molecular weight excluding hydrogens is 260 g/mol. The average Bonchev–Trinajstić information content (AvgIpc) is 2.95. The molecule has 0 spiro atoms. The van der Waals surface area contributed by atoms with E-state index >= 15 is 0 Å². The summed E-state index contributed by atoms with van der Waals surface area (Å²) < 4.78 is 1.77. The van der Waals surface area contributed by atoms with Gasteiger partial charge in [0.15, 0.2) is 0 Å². The summed E-state index contributed by atoms with van der Waals surface area (Å²) in [5.41, 5.74) is 1.08. The van der Waals surface area contributed by atoms with Gasteiger partial charge in [-0.15, -0.1) is 0 Å². The summed E-state index contributed by atoms with van der Waals surface area (Å²) in [7, 11) is 0. The number of aromatic nitrogens is 2. The van der Waals surface area contributed by atoms with Crippen LogP contribution in [-0.4, -0.2) is 51.4 Å². The second kappa shape index (κ2) is 5.94. The summed E-state index contributed by atoms with van der Waals surface area (Å²) in [5, 5.41) is 16.0. The van der Waals surface area contributed by atoms with Crippen molar-refractivity contribution in [3.05, 3.63) is 18.0 Å². The maximum absolute atomic E-state index is 11.9. The quantitative estimate of drug-likeness (QED) is 0.843. The van der Waals surface area contributed by atoms with Crippen molar-refractivity contribution in [2.24, 2.45) is 11.8 Å². The molecule has 1 aliphatic heterocycles. The third-order valence-corrected chi connectivity index (χ3v) is 3.60. The molecule has 7 nitrogen and oxygen atoms in total. The van der Waals surface area contributed by atoms with Gasteiger partial charge in [0.2, 0.25) is 0 Å². The lowest BCUT2D eigenvalue weighted by molar-refractivity contribution is -0.142. The summed E-state index contributed by atoms with van der Waals surface area (Å²) in [6.07, 6.45) is 3.67. The molecule has 1 fully saturated rings. The van der Waals surface area contributed by atoms with Crippen molar-refractivity contribution in [3.63, 3.8) is 0 Å². The van der Waals surface area contributed by atoms with E-state index in [2.05, 4.69) is 10.4 Å². The summed E-state index contributed by atoms with van der Waals surface area (Å²) in [6.45, 7) is 5.67. The molecule has 0 saturated carbocycles. The molecule has 2 atom stereocenters. The van der Waals surface area contributed by atoms with Gasteiger partial charge in [0, 0.05) is 25.8 Å². The molecule has 0 aromatic carbocycles. The molecule has 110 valence electrons. The van der Waals surface area contributed by atoms with E-state index in [-0.39, 0.29) is 18.5 Å². The van der Waals surface area contributed by atoms with Crippen LogP contribution < -0.4 is 5.32 Å². The fourth-order valence-electron chi connectivity index (χ4n) is 2.43. The van der Waals surface area contributed by atoms with Crippen LogP contribution in [0.1, 0.15) is 12.5 Å². The third-order valence-electron chi connectivity index (χ3n) is 3.60. The Morgan fingerprint density at radius 2 is 2.25 bits per heavy atom. The van der Waals surface area contributed by atoms with Crippen LogP contribution in [0.25, 0.3) is 0 Å². The van der Waals surface area contributed by atoms with Gasteiger partial charge in [-0.3, -0.25) is 9.48 Å². The molecular formula is C13H20N4O3. The van der Waals surface area contributed by atoms with E-state index in [1.54, 1.807) is 15.8 Å². The molecule has 1 saturated heterocycles. The van der Waals surface area contributed by atoms with Crippen molar-refractivity contribution in [1.29, 1.82) is 0 Å². The zero-order valence-electron chi connectivity index (χ0n) is 11.7. The first kappa shape index (κ1) is 14.4. The number of likely N-dealkylation sites (tertiary alicyclic amines) is 1. The molecule has 0 radical (unpaired) electrons. The monoisotopic (exact) mass is 280 g/mol. The van der Waals surface area contributed by atoms with Crippen LogP contribution >= 0.6 is 0 Å². The molecule has 7 heteroatoms. The first-order valence-electron chi connectivity index (χ1n) is 6.72. The lowest BCUT2D eigenvalue weighted by atomic mass is 9.99. The predicted octanol–water partition coefficient (Wildman–Crippen LogP) is 0.554. The summed E-state index contributed by atoms with van der Waals surface area (Å²) in [5.74, 6) is -1.30. The predicted molar refractivity (Wildman–Crippen MR) is 72.2 cm³/mol. The number of nitrogens with zero attached hydrogens (tertiary/aromatic N) is 3. The van der Waals surface area contributed by atoms with Crippen LogP contribution in [0.4, 0.5) is 4.79 Å². The number of carboxylic acid groups (broad SMARTS) is 1. The molecule has 20 heavy (non-hydrogen) atoms. The minimum absolute atomic E-state index is 0.00739. The van der Waals surface area contributed by atoms with E-state index in [1.165, 1.54) is 0 Å².